The van der Waals surface area contributed by atoms with Crippen LogP contribution in [-0.4, -0.2) is 4.98 Å². The highest BCUT2D eigenvalue weighted by Gasteiger charge is 2.14. The topological polar surface area (TPSA) is 12.9 Å². The van der Waals surface area contributed by atoms with Crippen LogP contribution in [0.3, 0.4) is 0 Å². The molecule has 1 heterocycles. The summed E-state index contributed by atoms with van der Waals surface area (Å²) < 4.78 is 0. The lowest BCUT2D eigenvalue weighted by atomic mass is 9.91. The van der Waals surface area contributed by atoms with Crippen molar-refractivity contribution in [3.8, 4) is 0 Å². The van der Waals surface area contributed by atoms with E-state index in [2.05, 4.69) is 50.0 Å². The van der Waals surface area contributed by atoms with Gasteiger partial charge in [0.25, 0.3) is 0 Å². The maximum absolute atomic E-state index is 4.65. The van der Waals surface area contributed by atoms with Crippen LogP contribution in [0.1, 0.15) is 33.9 Å². The number of aromatic nitrogens is 1. The van der Waals surface area contributed by atoms with E-state index in [1.807, 2.05) is 12.1 Å². The Kier molecular flexibility index (Phi) is 3.13. The van der Waals surface area contributed by atoms with E-state index in [-0.39, 0.29) is 12.8 Å². The second kappa shape index (κ2) is 4.01. The van der Waals surface area contributed by atoms with Gasteiger partial charge in [-0.15, -0.1) is 0 Å². The highest BCUT2D eigenvalue weighted by molar-refractivity contribution is 5.78. The third-order valence-corrected chi connectivity index (χ3v) is 2.37. The predicted octanol–water partition coefficient (Wildman–Crippen LogP) is 4.17. The smallest absolute Gasteiger partial charge is 0.0705 e. The van der Waals surface area contributed by atoms with Crippen LogP contribution in [0.25, 0.3) is 10.9 Å². The van der Waals surface area contributed by atoms with E-state index in [1.165, 1.54) is 5.39 Å². The van der Waals surface area contributed by atoms with Gasteiger partial charge in [0.1, 0.15) is 0 Å². The lowest BCUT2D eigenvalue weighted by Crippen LogP contribution is -2.13. The van der Waals surface area contributed by atoms with Crippen molar-refractivity contribution < 1.29 is 0 Å². The zero-order valence-corrected chi connectivity index (χ0v) is 8.91. The maximum Gasteiger partial charge on any atom is 0.0705 e. The maximum atomic E-state index is 4.65. The fourth-order valence-electron chi connectivity index (χ4n) is 1.48. The average Bonchev–Trinajstić information content (AvgIpc) is 2.16. The molecule has 0 radical (unpaired) electrons. The van der Waals surface area contributed by atoms with Crippen molar-refractivity contribution in [2.24, 2.45) is 0 Å². The fourth-order valence-corrected chi connectivity index (χ4v) is 1.48. The van der Waals surface area contributed by atoms with Crippen LogP contribution < -0.4 is 0 Å². The van der Waals surface area contributed by atoms with Crippen LogP contribution in [0.2, 0.25) is 0 Å². The minimum atomic E-state index is 0. The highest BCUT2D eigenvalue weighted by atomic mass is 14.7. The molecule has 2 aromatic rings. The molecule has 0 N–H and O–H groups in total. The monoisotopic (exact) mass is 201 g/mol. The molecule has 0 spiro atoms. The quantitative estimate of drug-likeness (QED) is 0.623. The molecule has 0 unspecified atom stereocenters. The van der Waals surface area contributed by atoms with Gasteiger partial charge in [-0.05, 0) is 12.1 Å². The molecule has 15 heavy (non-hydrogen) atoms. The van der Waals surface area contributed by atoms with E-state index < -0.39 is 0 Å². The molecule has 0 atom stereocenters. The van der Waals surface area contributed by atoms with E-state index in [9.17, 15) is 0 Å². The number of nitrogens with zero attached hydrogens (tertiary/aromatic N) is 1. The summed E-state index contributed by atoms with van der Waals surface area (Å²) in [6, 6.07) is 12.5. The van der Waals surface area contributed by atoms with Crippen LogP contribution >= 0.6 is 0 Å². The van der Waals surface area contributed by atoms with Crippen LogP contribution in [0.5, 0.6) is 0 Å². The summed E-state index contributed by atoms with van der Waals surface area (Å²) in [5.74, 6) is 0. The number of para-hydroxylation sites is 1. The van der Waals surface area contributed by atoms with Crippen molar-refractivity contribution in [1.82, 2.24) is 4.98 Å². The van der Waals surface area contributed by atoms with Gasteiger partial charge in [0.05, 0.1) is 5.52 Å². The Morgan fingerprint density at radius 2 is 1.60 bits per heavy atom. The first-order chi connectivity index (χ1) is 6.57. The normalized spacial score (nSPS) is 11.1. The van der Waals surface area contributed by atoms with Crippen LogP contribution in [0, 0.1) is 0 Å². The summed E-state index contributed by atoms with van der Waals surface area (Å²) in [6.45, 7) is 6.55. The van der Waals surface area contributed by atoms with Gasteiger partial charge in [0.15, 0.2) is 0 Å². The molecule has 1 nitrogen and oxygen atoms in total. The molecule has 0 aliphatic heterocycles. The molecule has 1 heteroatoms. The third kappa shape index (κ3) is 2.35. The van der Waals surface area contributed by atoms with E-state index in [4.69, 9.17) is 0 Å². The van der Waals surface area contributed by atoms with Crippen LogP contribution in [0.15, 0.2) is 36.4 Å². The van der Waals surface area contributed by atoms with E-state index in [0.717, 1.165) is 11.2 Å². The fraction of sp³-hybridized carbons (Fsp3) is 0.357. The summed E-state index contributed by atoms with van der Waals surface area (Å²) in [5.41, 5.74) is 2.36. The van der Waals surface area contributed by atoms with Crippen molar-refractivity contribution in [1.29, 1.82) is 0 Å². The minimum absolute atomic E-state index is 0. The molecule has 0 saturated carbocycles. The van der Waals surface area contributed by atoms with Gasteiger partial charge in [-0.25, -0.2) is 0 Å². The molecular formula is C14H19N. The predicted molar refractivity (Wildman–Crippen MR) is 67.2 cm³/mol. The van der Waals surface area contributed by atoms with Gasteiger partial charge < -0.3 is 0 Å². The SMILES string of the molecule is C.CC(C)(C)c1ccc2ccccc2n1. The molecule has 0 aliphatic rings. The van der Waals surface area contributed by atoms with Gasteiger partial charge in [0.2, 0.25) is 0 Å². The number of benzene rings is 1. The summed E-state index contributed by atoms with van der Waals surface area (Å²) in [4.78, 5) is 4.65. The number of hydrogen-bond donors (Lipinski definition) is 0. The van der Waals surface area contributed by atoms with Crippen molar-refractivity contribution in [3.05, 3.63) is 42.1 Å². The Labute approximate surface area is 92.2 Å². The standard InChI is InChI=1S/C13H15N.CH4/c1-13(2,3)12-9-8-10-6-4-5-7-11(10)14-12;/h4-9H,1-3H3;1H4. The molecule has 0 amide bonds. The van der Waals surface area contributed by atoms with E-state index in [1.54, 1.807) is 0 Å². The minimum Gasteiger partial charge on any atom is -0.252 e. The molecular weight excluding hydrogens is 182 g/mol. The van der Waals surface area contributed by atoms with Crippen molar-refractivity contribution in [2.45, 2.75) is 33.6 Å². The second-order valence-electron chi connectivity index (χ2n) is 4.64. The Balaban J connectivity index is 0.00000112. The van der Waals surface area contributed by atoms with E-state index in [0.29, 0.717) is 0 Å². The molecule has 2 rings (SSSR count). The van der Waals surface area contributed by atoms with Gasteiger partial charge in [0, 0.05) is 16.5 Å². The van der Waals surface area contributed by atoms with E-state index >= 15 is 0 Å². The summed E-state index contributed by atoms with van der Waals surface area (Å²) in [5, 5.41) is 1.21. The molecule has 0 fully saturated rings. The lowest BCUT2D eigenvalue weighted by molar-refractivity contribution is 0.571. The zero-order chi connectivity index (χ0) is 10.2. The summed E-state index contributed by atoms with van der Waals surface area (Å²) >= 11 is 0. The second-order valence-corrected chi connectivity index (χ2v) is 4.64. The number of fused-ring (bicyclic) bond motifs is 1. The number of pyridine rings is 1. The zero-order valence-electron chi connectivity index (χ0n) is 8.91. The third-order valence-electron chi connectivity index (χ3n) is 2.37. The van der Waals surface area contributed by atoms with Gasteiger partial charge in [-0.1, -0.05) is 52.5 Å². The first-order valence-electron chi connectivity index (χ1n) is 4.94. The largest absolute Gasteiger partial charge is 0.252 e. The van der Waals surface area contributed by atoms with Crippen molar-refractivity contribution in [3.63, 3.8) is 0 Å². The molecule has 0 bridgehead atoms. The Morgan fingerprint density at radius 3 is 2.27 bits per heavy atom. The number of hydrogen-bond acceptors (Lipinski definition) is 1. The van der Waals surface area contributed by atoms with Gasteiger partial charge in [-0.2, -0.15) is 0 Å². The van der Waals surface area contributed by atoms with Crippen LogP contribution in [-0.2, 0) is 5.41 Å². The van der Waals surface area contributed by atoms with Crippen molar-refractivity contribution in [2.75, 3.05) is 0 Å². The first-order valence-corrected chi connectivity index (χ1v) is 4.94. The lowest BCUT2D eigenvalue weighted by Gasteiger charge is -2.17. The molecule has 80 valence electrons. The van der Waals surface area contributed by atoms with Crippen molar-refractivity contribution >= 4 is 10.9 Å². The molecule has 1 aromatic carbocycles. The number of rotatable bonds is 0. The molecule has 0 saturated heterocycles. The Morgan fingerprint density at radius 1 is 0.933 bits per heavy atom. The molecule has 0 aliphatic carbocycles. The molecule has 1 aromatic heterocycles. The average molecular weight is 201 g/mol. The summed E-state index contributed by atoms with van der Waals surface area (Å²) in [6.07, 6.45) is 0. The van der Waals surface area contributed by atoms with Gasteiger partial charge in [-0.3, -0.25) is 4.98 Å². The van der Waals surface area contributed by atoms with Gasteiger partial charge >= 0.3 is 0 Å². The Hall–Kier alpha value is -1.37. The first kappa shape index (κ1) is 11.7. The highest BCUT2D eigenvalue weighted by Crippen LogP contribution is 2.22. The Bertz CT molecular complexity index is 452. The van der Waals surface area contributed by atoms with Crippen LogP contribution in [0.4, 0.5) is 0 Å². The summed E-state index contributed by atoms with van der Waals surface area (Å²) in [7, 11) is 0.